The molecule has 0 fully saturated rings. The van der Waals surface area contributed by atoms with Crippen molar-refractivity contribution in [2.24, 2.45) is 0 Å². The highest BCUT2D eigenvalue weighted by molar-refractivity contribution is 7.16. The van der Waals surface area contributed by atoms with E-state index in [9.17, 15) is 0 Å². The van der Waals surface area contributed by atoms with Gasteiger partial charge in [-0.25, -0.2) is 0 Å². The Kier molecular flexibility index (Phi) is 2.57. The number of nitrogens with zero attached hydrogens (tertiary/aromatic N) is 1. The van der Waals surface area contributed by atoms with E-state index in [-0.39, 0.29) is 0 Å². The average molecular weight is 213 g/mol. The van der Waals surface area contributed by atoms with Crippen LogP contribution in [0.15, 0.2) is 30.3 Å². The molecule has 2 heteroatoms. The average Bonchev–Trinajstić information content (AvgIpc) is 2.70. The van der Waals surface area contributed by atoms with Gasteiger partial charge < -0.3 is 0 Å². The molecule has 0 saturated carbocycles. The highest BCUT2D eigenvalue weighted by Gasteiger charge is 2.05. The number of thiophene rings is 1. The van der Waals surface area contributed by atoms with E-state index in [1.54, 1.807) is 11.3 Å². The van der Waals surface area contributed by atoms with Crippen molar-refractivity contribution >= 4 is 11.3 Å². The maximum Gasteiger partial charge on any atom is 0.110 e. The molecule has 0 aliphatic rings. The zero-order chi connectivity index (χ0) is 10.8. The molecule has 2 rings (SSSR count). The van der Waals surface area contributed by atoms with E-state index < -0.39 is 0 Å². The van der Waals surface area contributed by atoms with Gasteiger partial charge in [-0.05, 0) is 37.1 Å². The van der Waals surface area contributed by atoms with Crippen LogP contribution in [0.3, 0.4) is 0 Å². The number of benzene rings is 1. The topological polar surface area (TPSA) is 23.8 Å². The van der Waals surface area contributed by atoms with Crippen LogP contribution in [-0.4, -0.2) is 0 Å². The summed E-state index contributed by atoms with van der Waals surface area (Å²) < 4.78 is 0. The summed E-state index contributed by atoms with van der Waals surface area (Å²) in [5.41, 5.74) is 3.75. The number of rotatable bonds is 1. The smallest absolute Gasteiger partial charge is 0.110 e. The lowest BCUT2D eigenvalue weighted by molar-refractivity contribution is 1.40. The Hall–Kier alpha value is -1.59. The number of hydrogen-bond acceptors (Lipinski definition) is 2. The Morgan fingerprint density at radius 1 is 1.13 bits per heavy atom. The highest BCUT2D eigenvalue weighted by Crippen LogP contribution is 2.30. The van der Waals surface area contributed by atoms with Crippen LogP contribution in [-0.2, 0) is 0 Å². The lowest BCUT2D eigenvalue weighted by atomic mass is 10.0. The monoisotopic (exact) mass is 213 g/mol. The molecule has 0 saturated heterocycles. The van der Waals surface area contributed by atoms with E-state index in [1.807, 2.05) is 12.1 Å². The van der Waals surface area contributed by atoms with Crippen molar-refractivity contribution in [2.75, 3.05) is 0 Å². The maximum atomic E-state index is 8.78. The van der Waals surface area contributed by atoms with E-state index in [4.69, 9.17) is 5.26 Å². The van der Waals surface area contributed by atoms with Gasteiger partial charge in [0, 0.05) is 4.88 Å². The van der Waals surface area contributed by atoms with Gasteiger partial charge in [0.05, 0.1) is 0 Å². The van der Waals surface area contributed by atoms with Gasteiger partial charge in [0.1, 0.15) is 10.9 Å². The number of nitriles is 1. The van der Waals surface area contributed by atoms with E-state index in [0.717, 1.165) is 4.88 Å². The second-order valence-corrected chi connectivity index (χ2v) is 4.68. The highest BCUT2D eigenvalue weighted by atomic mass is 32.1. The molecule has 0 radical (unpaired) electrons. The predicted molar refractivity (Wildman–Crippen MR) is 63.9 cm³/mol. The molecular weight excluding hydrogens is 202 g/mol. The van der Waals surface area contributed by atoms with Gasteiger partial charge in [0.15, 0.2) is 0 Å². The fraction of sp³-hybridized carbons (Fsp3) is 0.154. The third-order valence-corrected chi connectivity index (χ3v) is 3.40. The molecule has 0 atom stereocenters. The van der Waals surface area contributed by atoms with Crippen molar-refractivity contribution < 1.29 is 0 Å². The molecule has 0 amide bonds. The van der Waals surface area contributed by atoms with E-state index in [2.05, 4.69) is 38.1 Å². The zero-order valence-corrected chi connectivity index (χ0v) is 9.56. The first-order valence-corrected chi connectivity index (χ1v) is 5.60. The summed E-state index contributed by atoms with van der Waals surface area (Å²) in [5.74, 6) is 0. The molecule has 0 aliphatic carbocycles. The molecule has 0 spiro atoms. The second-order valence-electron chi connectivity index (χ2n) is 3.59. The summed E-state index contributed by atoms with van der Waals surface area (Å²) in [6.07, 6.45) is 0. The maximum absolute atomic E-state index is 8.78. The van der Waals surface area contributed by atoms with Crippen LogP contribution in [0, 0.1) is 25.2 Å². The van der Waals surface area contributed by atoms with Crippen molar-refractivity contribution in [3.8, 4) is 16.5 Å². The minimum atomic E-state index is 0.769. The van der Waals surface area contributed by atoms with Gasteiger partial charge in [-0.1, -0.05) is 23.8 Å². The second kappa shape index (κ2) is 3.88. The predicted octanol–water partition coefficient (Wildman–Crippen LogP) is 3.90. The van der Waals surface area contributed by atoms with Crippen molar-refractivity contribution in [1.82, 2.24) is 0 Å². The van der Waals surface area contributed by atoms with Crippen LogP contribution in [0.2, 0.25) is 0 Å². The zero-order valence-electron chi connectivity index (χ0n) is 8.74. The molecule has 0 unspecified atom stereocenters. The fourth-order valence-electron chi connectivity index (χ4n) is 1.54. The molecule has 74 valence electrons. The summed E-state index contributed by atoms with van der Waals surface area (Å²) >= 11 is 1.55. The molecule has 0 N–H and O–H groups in total. The molecule has 0 bridgehead atoms. The van der Waals surface area contributed by atoms with Crippen LogP contribution in [0.4, 0.5) is 0 Å². The van der Waals surface area contributed by atoms with Gasteiger partial charge >= 0.3 is 0 Å². The van der Waals surface area contributed by atoms with Crippen molar-refractivity contribution in [3.05, 3.63) is 46.3 Å². The van der Waals surface area contributed by atoms with Crippen LogP contribution in [0.25, 0.3) is 10.4 Å². The first-order valence-electron chi connectivity index (χ1n) is 4.78. The lowest BCUT2D eigenvalue weighted by Gasteiger charge is -2.03. The third-order valence-electron chi connectivity index (χ3n) is 2.37. The van der Waals surface area contributed by atoms with Crippen LogP contribution in [0.1, 0.15) is 16.0 Å². The number of hydrogen-bond donors (Lipinski definition) is 0. The summed E-state index contributed by atoms with van der Waals surface area (Å²) in [6.45, 7) is 4.18. The van der Waals surface area contributed by atoms with Gasteiger partial charge in [-0.3, -0.25) is 0 Å². The van der Waals surface area contributed by atoms with E-state index in [1.165, 1.54) is 21.6 Å². The van der Waals surface area contributed by atoms with Crippen molar-refractivity contribution in [1.29, 1.82) is 5.26 Å². The minimum absolute atomic E-state index is 0.769. The molecule has 1 nitrogen and oxygen atoms in total. The Balaban J connectivity index is 2.54. The van der Waals surface area contributed by atoms with Crippen molar-refractivity contribution in [2.45, 2.75) is 13.8 Å². The van der Waals surface area contributed by atoms with E-state index in [0.29, 0.717) is 0 Å². The lowest BCUT2D eigenvalue weighted by Crippen LogP contribution is -1.81. The Bertz CT molecular complexity index is 532. The Morgan fingerprint density at radius 2 is 1.93 bits per heavy atom. The molecular formula is C13H11NS. The first kappa shape index (κ1) is 9.95. The van der Waals surface area contributed by atoms with Gasteiger partial charge in [0.2, 0.25) is 0 Å². The Morgan fingerprint density at radius 3 is 2.60 bits per heavy atom. The molecule has 1 heterocycles. The van der Waals surface area contributed by atoms with E-state index >= 15 is 0 Å². The SMILES string of the molecule is Cc1ccc(C)c(-c2ccc(C#N)s2)c1. The van der Waals surface area contributed by atoms with Gasteiger partial charge in [-0.15, -0.1) is 11.3 Å². The summed E-state index contributed by atoms with van der Waals surface area (Å²) in [5, 5.41) is 8.78. The van der Waals surface area contributed by atoms with Crippen LogP contribution < -0.4 is 0 Å². The minimum Gasteiger partial charge on any atom is -0.192 e. The van der Waals surface area contributed by atoms with Gasteiger partial charge in [0.25, 0.3) is 0 Å². The Labute approximate surface area is 93.6 Å². The molecule has 15 heavy (non-hydrogen) atoms. The van der Waals surface area contributed by atoms with Crippen LogP contribution in [0.5, 0.6) is 0 Å². The summed E-state index contributed by atoms with van der Waals surface area (Å²) in [6, 6.07) is 12.5. The quantitative estimate of drug-likeness (QED) is 0.704. The number of aryl methyl sites for hydroxylation is 2. The normalized spacial score (nSPS) is 9.93. The third kappa shape index (κ3) is 1.93. The summed E-state index contributed by atoms with van der Waals surface area (Å²) in [7, 11) is 0. The first-order chi connectivity index (χ1) is 7.20. The molecule has 2 aromatic rings. The molecule has 0 aliphatic heterocycles. The molecule has 1 aromatic heterocycles. The summed E-state index contributed by atoms with van der Waals surface area (Å²) in [4.78, 5) is 1.94. The standard InChI is InChI=1S/C13H11NS/c1-9-3-4-10(2)12(7-9)13-6-5-11(8-14)15-13/h3-7H,1-2H3. The van der Waals surface area contributed by atoms with Gasteiger partial charge in [-0.2, -0.15) is 5.26 Å². The van der Waals surface area contributed by atoms with Crippen molar-refractivity contribution in [3.63, 3.8) is 0 Å². The fourth-order valence-corrected chi connectivity index (χ4v) is 2.43. The molecule has 1 aromatic carbocycles. The van der Waals surface area contributed by atoms with Crippen LogP contribution >= 0.6 is 11.3 Å². The largest absolute Gasteiger partial charge is 0.192 e.